The summed E-state index contributed by atoms with van der Waals surface area (Å²) in [4.78, 5) is 22.0. The predicted octanol–water partition coefficient (Wildman–Crippen LogP) is 5.21. The summed E-state index contributed by atoms with van der Waals surface area (Å²) in [5.74, 6) is -1.51. The lowest BCUT2D eigenvalue weighted by atomic mass is 9.63. The van der Waals surface area contributed by atoms with Crippen LogP contribution in [0.1, 0.15) is 87.5 Å². The Morgan fingerprint density at radius 2 is 0.783 bits per heavy atom. The van der Waals surface area contributed by atoms with Gasteiger partial charge in [0.15, 0.2) is 0 Å². The van der Waals surface area contributed by atoms with Crippen LogP contribution in [0.5, 0.6) is 0 Å². The number of hydrogen-bond donors (Lipinski definition) is 2. The highest BCUT2D eigenvalue weighted by atomic mass is 16.4. The van der Waals surface area contributed by atoms with Crippen LogP contribution in [0.2, 0.25) is 0 Å². The number of carboxylic acids is 2. The van der Waals surface area contributed by atoms with Crippen molar-refractivity contribution in [3.05, 3.63) is 0 Å². The fourth-order valence-corrected chi connectivity index (χ4v) is 4.96. The molecule has 0 bridgehead atoms. The minimum atomic E-state index is -0.757. The topological polar surface area (TPSA) is 74.6 Å². The summed E-state index contributed by atoms with van der Waals surface area (Å²) in [5.41, 5.74) is -0.493. The van der Waals surface area contributed by atoms with Gasteiger partial charge in [0.2, 0.25) is 0 Å². The predicted molar refractivity (Wildman–Crippen MR) is 93.5 cm³/mol. The van der Waals surface area contributed by atoms with Gasteiger partial charge in [0.05, 0.1) is 12.8 Å². The van der Waals surface area contributed by atoms with E-state index in [4.69, 9.17) is 10.2 Å². The molecule has 0 heterocycles. The number of carbonyl (C=O) groups is 2. The Morgan fingerprint density at radius 3 is 1.00 bits per heavy atom. The third-order valence-electron chi connectivity index (χ3n) is 4.13. The fraction of sp³-hybridized carbons (Fsp3) is 0.895. The summed E-state index contributed by atoms with van der Waals surface area (Å²) in [6.07, 6.45) is 2.93. The zero-order chi connectivity index (χ0) is 18.7. The average molecular weight is 328 g/mol. The van der Waals surface area contributed by atoms with Gasteiger partial charge in [-0.3, -0.25) is 9.59 Å². The molecule has 0 aliphatic rings. The third kappa shape index (κ3) is 10.4. The molecule has 0 spiro atoms. The summed E-state index contributed by atoms with van der Waals surface area (Å²) in [7, 11) is 0. The standard InChI is InChI=1S/C19H36O4/c1-16(2,9-14(20)21)11-18(5,6)13-19(7,8)12-17(3,4)10-15(22)23/h9-13H2,1-8H3,(H,20,21)(H,22,23). The second-order valence-corrected chi connectivity index (χ2v) is 10.3. The van der Waals surface area contributed by atoms with Crippen molar-refractivity contribution in [3.63, 3.8) is 0 Å². The van der Waals surface area contributed by atoms with Crippen LogP contribution in [0.15, 0.2) is 0 Å². The second-order valence-electron chi connectivity index (χ2n) is 10.3. The smallest absolute Gasteiger partial charge is 0.303 e. The lowest BCUT2D eigenvalue weighted by Gasteiger charge is -2.42. The maximum absolute atomic E-state index is 11.0. The van der Waals surface area contributed by atoms with Gasteiger partial charge >= 0.3 is 11.9 Å². The molecular weight excluding hydrogens is 292 g/mol. The third-order valence-corrected chi connectivity index (χ3v) is 4.13. The van der Waals surface area contributed by atoms with E-state index >= 15 is 0 Å². The quantitative estimate of drug-likeness (QED) is 0.577. The molecule has 23 heavy (non-hydrogen) atoms. The summed E-state index contributed by atoms with van der Waals surface area (Å²) < 4.78 is 0. The molecule has 4 heteroatoms. The molecule has 0 aliphatic carbocycles. The van der Waals surface area contributed by atoms with E-state index in [1.54, 1.807) is 0 Å². The van der Waals surface area contributed by atoms with E-state index in [1.165, 1.54) is 0 Å². The summed E-state index contributed by atoms with van der Waals surface area (Å²) >= 11 is 0. The van der Waals surface area contributed by atoms with Crippen LogP contribution < -0.4 is 0 Å². The van der Waals surface area contributed by atoms with E-state index in [0.717, 1.165) is 19.3 Å². The molecule has 0 saturated carbocycles. The second kappa shape index (κ2) is 7.23. The Balaban J connectivity index is 4.92. The van der Waals surface area contributed by atoms with Gasteiger partial charge < -0.3 is 10.2 Å². The Morgan fingerprint density at radius 1 is 0.565 bits per heavy atom. The number of aliphatic carboxylic acids is 2. The van der Waals surface area contributed by atoms with Crippen molar-refractivity contribution in [2.75, 3.05) is 0 Å². The van der Waals surface area contributed by atoms with Gasteiger partial charge in [0.25, 0.3) is 0 Å². The van der Waals surface area contributed by atoms with Crippen molar-refractivity contribution < 1.29 is 19.8 Å². The Labute approximate surface area is 141 Å². The van der Waals surface area contributed by atoms with E-state index < -0.39 is 11.9 Å². The molecule has 2 N–H and O–H groups in total. The first-order valence-corrected chi connectivity index (χ1v) is 8.39. The Bertz CT molecular complexity index is 391. The lowest BCUT2D eigenvalue weighted by Crippen LogP contribution is -2.33. The van der Waals surface area contributed by atoms with E-state index in [-0.39, 0.29) is 34.5 Å². The Kier molecular flexibility index (Phi) is 6.89. The van der Waals surface area contributed by atoms with Crippen molar-refractivity contribution in [2.24, 2.45) is 21.7 Å². The molecule has 0 aromatic carbocycles. The van der Waals surface area contributed by atoms with Crippen LogP contribution in [0.25, 0.3) is 0 Å². The highest BCUT2D eigenvalue weighted by Gasteiger charge is 2.38. The minimum absolute atomic E-state index is 0.00174. The molecule has 0 atom stereocenters. The first kappa shape index (κ1) is 21.9. The zero-order valence-electron chi connectivity index (χ0n) is 16.2. The van der Waals surface area contributed by atoms with Crippen LogP contribution in [-0.4, -0.2) is 22.2 Å². The van der Waals surface area contributed by atoms with Gasteiger partial charge in [-0.25, -0.2) is 0 Å². The molecule has 0 radical (unpaired) electrons. The fourth-order valence-electron chi connectivity index (χ4n) is 4.96. The summed E-state index contributed by atoms with van der Waals surface area (Å²) in [6.45, 7) is 16.7. The summed E-state index contributed by atoms with van der Waals surface area (Å²) in [6, 6.07) is 0. The monoisotopic (exact) mass is 328 g/mol. The maximum Gasteiger partial charge on any atom is 0.303 e. The normalized spacial score (nSPS) is 13.9. The molecule has 0 amide bonds. The minimum Gasteiger partial charge on any atom is -0.481 e. The number of hydrogen-bond acceptors (Lipinski definition) is 2. The Hall–Kier alpha value is -1.06. The van der Waals surface area contributed by atoms with E-state index in [1.807, 2.05) is 27.7 Å². The molecule has 0 unspecified atom stereocenters. The van der Waals surface area contributed by atoms with Gasteiger partial charge in [0, 0.05) is 0 Å². The van der Waals surface area contributed by atoms with E-state index in [2.05, 4.69) is 27.7 Å². The van der Waals surface area contributed by atoms with Crippen molar-refractivity contribution in [3.8, 4) is 0 Å². The zero-order valence-corrected chi connectivity index (χ0v) is 16.2. The molecule has 0 aliphatic heterocycles. The first-order chi connectivity index (χ1) is 9.95. The lowest BCUT2D eigenvalue weighted by molar-refractivity contribution is -0.140. The van der Waals surface area contributed by atoms with Crippen molar-refractivity contribution in [1.82, 2.24) is 0 Å². The summed E-state index contributed by atoms with van der Waals surface area (Å²) in [5, 5.41) is 18.1. The van der Waals surface area contributed by atoms with Crippen LogP contribution in [0.4, 0.5) is 0 Å². The molecule has 0 aromatic heterocycles. The molecule has 0 rings (SSSR count). The largest absolute Gasteiger partial charge is 0.481 e. The molecule has 4 nitrogen and oxygen atoms in total. The van der Waals surface area contributed by atoms with Gasteiger partial charge in [-0.1, -0.05) is 55.4 Å². The molecular formula is C19H36O4. The first-order valence-electron chi connectivity index (χ1n) is 8.39. The van der Waals surface area contributed by atoms with Gasteiger partial charge in [0.1, 0.15) is 0 Å². The highest BCUT2D eigenvalue weighted by Crippen LogP contribution is 2.47. The van der Waals surface area contributed by atoms with Crippen LogP contribution in [0, 0.1) is 21.7 Å². The molecule has 0 fully saturated rings. The van der Waals surface area contributed by atoms with E-state index in [9.17, 15) is 9.59 Å². The maximum atomic E-state index is 11.0. The SMILES string of the molecule is CC(C)(CC(=O)O)CC(C)(C)CC(C)(C)CC(C)(C)CC(=O)O. The van der Waals surface area contributed by atoms with Crippen molar-refractivity contribution in [1.29, 1.82) is 0 Å². The number of carboxylic acid groups (broad SMARTS) is 2. The van der Waals surface area contributed by atoms with Crippen LogP contribution >= 0.6 is 0 Å². The van der Waals surface area contributed by atoms with Crippen LogP contribution in [0.3, 0.4) is 0 Å². The van der Waals surface area contributed by atoms with Gasteiger partial charge in [-0.05, 0) is 40.9 Å². The molecule has 136 valence electrons. The van der Waals surface area contributed by atoms with Gasteiger partial charge in [-0.2, -0.15) is 0 Å². The van der Waals surface area contributed by atoms with E-state index in [0.29, 0.717) is 0 Å². The average Bonchev–Trinajstić information content (AvgIpc) is 2.02. The van der Waals surface area contributed by atoms with Crippen LogP contribution in [-0.2, 0) is 9.59 Å². The number of rotatable bonds is 10. The molecule has 0 saturated heterocycles. The van der Waals surface area contributed by atoms with Crippen molar-refractivity contribution >= 4 is 11.9 Å². The highest BCUT2D eigenvalue weighted by molar-refractivity contribution is 5.67. The van der Waals surface area contributed by atoms with Gasteiger partial charge in [-0.15, -0.1) is 0 Å². The molecule has 0 aromatic rings. The van der Waals surface area contributed by atoms with Crippen molar-refractivity contribution in [2.45, 2.75) is 87.5 Å².